The summed E-state index contributed by atoms with van der Waals surface area (Å²) in [7, 11) is 0. The highest BCUT2D eigenvalue weighted by Gasteiger charge is 2.24. The average Bonchev–Trinajstić information content (AvgIpc) is 2.35. The zero-order valence-electron chi connectivity index (χ0n) is 10.0. The average molecular weight is 263 g/mol. The predicted molar refractivity (Wildman–Crippen MR) is 65.3 cm³/mol. The van der Waals surface area contributed by atoms with Crippen molar-refractivity contribution in [3.05, 3.63) is 39.9 Å². The van der Waals surface area contributed by atoms with Crippen molar-refractivity contribution in [2.24, 2.45) is 0 Å². The molecule has 0 unspecified atom stereocenters. The first-order chi connectivity index (χ1) is 8.99. The minimum atomic E-state index is -1.32. The van der Waals surface area contributed by atoms with Crippen LogP contribution in [-0.2, 0) is 0 Å². The highest BCUT2D eigenvalue weighted by Crippen LogP contribution is 2.32. The maximum Gasteiger partial charge on any atom is 0.341 e. The van der Waals surface area contributed by atoms with Crippen LogP contribution in [0, 0.1) is 5.82 Å². The van der Waals surface area contributed by atoms with E-state index in [4.69, 9.17) is 9.84 Å². The SMILES string of the molecule is C[C@H]1COc2cc(F)cc3c(=O)c(C(=O)O)cn1c23. The molecular formula is C13H10FNO4. The van der Waals surface area contributed by atoms with Crippen LogP contribution in [0.15, 0.2) is 23.1 Å². The smallest absolute Gasteiger partial charge is 0.341 e. The molecule has 0 saturated carbocycles. The van der Waals surface area contributed by atoms with E-state index in [-0.39, 0.29) is 22.7 Å². The van der Waals surface area contributed by atoms with Gasteiger partial charge in [-0.2, -0.15) is 0 Å². The highest BCUT2D eigenvalue weighted by atomic mass is 19.1. The zero-order valence-corrected chi connectivity index (χ0v) is 10.0. The molecule has 0 aliphatic carbocycles. The molecule has 0 bridgehead atoms. The number of hydrogen-bond donors (Lipinski definition) is 1. The first-order valence-electron chi connectivity index (χ1n) is 5.73. The minimum absolute atomic E-state index is 0.0291. The number of aromatic carboxylic acids is 1. The third kappa shape index (κ3) is 1.60. The number of hydrogen-bond acceptors (Lipinski definition) is 3. The molecule has 1 aromatic heterocycles. The Morgan fingerprint density at radius 2 is 2.26 bits per heavy atom. The summed E-state index contributed by atoms with van der Waals surface area (Å²) in [4.78, 5) is 23.1. The number of carboxylic acids is 1. The lowest BCUT2D eigenvalue weighted by atomic mass is 10.1. The van der Waals surface area contributed by atoms with E-state index < -0.39 is 17.2 Å². The van der Waals surface area contributed by atoms with Crippen molar-refractivity contribution in [3.63, 3.8) is 0 Å². The van der Waals surface area contributed by atoms with Gasteiger partial charge in [0.25, 0.3) is 0 Å². The second kappa shape index (κ2) is 3.81. The van der Waals surface area contributed by atoms with Gasteiger partial charge in [-0.1, -0.05) is 0 Å². The van der Waals surface area contributed by atoms with Crippen molar-refractivity contribution in [1.29, 1.82) is 0 Å². The maximum absolute atomic E-state index is 13.5. The zero-order chi connectivity index (χ0) is 13.7. The summed E-state index contributed by atoms with van der Waals surface area (Å²) in [6.07, 6.45) is 1.29. The Kier molecular flexibility index (Phi) is 2.35. The van der Waals surface area contributed by atoms with Crippen LogP contribution in [0.2, 0.25) is 0 Å². The van der Waals surface area contributed by atoms with E-state index in [9.17, 15) is 14.0 Å². The van der Waals surface area contributed by atoms with Crippen LogP contribution in [0.4, 0.5) is 4.39 Å². The molecule has 3 rings (SSSR count). The monoisotopic (exact) mass is 263 g/mol. The first-order valence-corrected chi connectivity index (χ1v) is 5.73. The van der Waals surface area contributed by atoms with Crippen LogP contribution in [0.1, 0.15) is 23.3 Å². The number of rotatable bonds is 1. The van der Waals surface area contributed by atoms with Crippen molar-refractivity contribution < 1.29 is 19.0 Å². The van der Waals surface area contributed by atoms with Gasteiger partial charge < -0.3 is 14.4 Å². The summed E-state index contributed by atoms with van der Waals surface area (Å²) in [5.74, 6) is -1.68. The van der Waals surface area contributed by atoms with Gasteiger partial charge in [0, 0.05) is 12.3 Å². The van der Waals surface area contributed by atoms with Gasteiger partial charge in [-0.25, -0.2) is 9.18 Å². The molecular weight excluding hydrogens is 253 g/mol. The first kappa shape index (κ1) is 11.7. The molecule has 98 valence electrons. The van der Waals surface area contributed by atoms with E-state index in [1.54, 1.807) is 4.57 Å². The van der Waals surface area contributed by atoms with Crippen LogP contribution in [0.25, 0.3) is 10.9 Å². The predicted octanol–water partition coefficient (Wildman–Crippen LogP) is 1.79. The number of nitrogens with zero attached hydrogens (tertiary/aromatic N) is 1. The summed E-state index contributed by atoms with van der Waals surface area (Å²) in [6.45, 7) is 2.13. The van der Waals surface area contributed by atoms with Crippen molar-refractivity contribution in [2.75, 3.05) is 6.61 Å². The van der Waals surface area contributed by atoms with Crippen LogP contribution >= 0.6 is 0 Å². The van der Waals surface area contributed by atoms with Gasteiger partial charge in [0.2, 0.25) is 5.43 Å². The number of halogens is 1. The lowest BCUT2D eigenvalue weighted by Gasteiger charge is -2.26. The Hall–Kier alpha value is -2.37. The third-order valence-corrected chi connectivity index (χ3v) is 3.24. The molecule has 0 spiro atoms. The standard InChI is InChI=1S/C13H10FNO4/c1-6-5-19-10-3-7(14)2-8-11(10)15(6)4-9(12(8)16)13(17)18/h2-4,6H,5H2,1H3,(H,17,18)/t6-/m0/s1. The number of ether oxygens (including phenoxy) is 1. The number of carbonyl (C=O) groups is 1. The van der Waals surface area contributed by atoms with E-state index in [0.717, 1.165) is 6.07 Å². The highest BCUT2D eigenvalue weighted by molar-refractivity contribution is 5.94. The van der Waals surface area contributed by atoms with Gasteiger partial charge in [-0.3, -0.25) is 4.79 Å². The molecule has 0 saturated heterocycles. The summed E-state index contributed by atoms with van der Waals surface area (Å²) in [5.41, 5.74) is -0.620. The van der Waals surface area contributed by atoms with Crippen molar-refractivity contribution >= 4 is 16.9 Å². The van der Waals surface area contributed by atoms with E-state index >= 15 is 0 Å². The van der Waals surface area contributed by atoms with Crippen LogP contribution in [-0.4, -0.2) is 22.2 Å². The number of benzene rings is 1. The largest absolute Gasteiger partial charge is 0.489 e. The topological polar surface area (TPSA) is 68.5 Å². The van der Waals surface area contributed by atoms with E-state index in [1.807, 2.05) is 6.92 Å². The molecule has 19 heavy (non-hydrogen) atoms. The van der Waals surface area contributed by atoms with E-state index in [0.29, 0.717) is 12.1 Å². The molecule has 2 aromatic rings. The Labute approximate surface area is 106 Å². The molecule has 0 fully saturated rings. The Morgan fingerprint density at radius 3 is 2.95 bits per heavy atom. The maximum atomic E-state index is 13.5. The van der Waals surface area contributed by atoms with Gasteiger partial charge in [0.1, 0.15) is 23.7 Å². The molecule has 6 heteroatoms. The lowest BCUT2D eigenvalue weighted by Crippen LogP contribution is -2.26. The minimum Gasteiger partial charge on any atom is -0.489 e. The molecule has 1 aliphatic rings. The van der Waals surface area contributed by atoms with Gasteiger partial charge in [0.15, 0.2) is 0 Å². The molecule has 1 aliphatic heterocycles. The molecule has 1 aromatic carbocycles. The number of carboxylic acid groups (broad SMARTS) is 1. The fourth-order valence-corrected chi connectivity index (χ4v) is 2.32. The molecule has 1 atom stereocenters. The van der Waals surface area contributed by atoms with Gasteiger partial charge in [-0.15, -0.1) is 0 Å². The fraction of sp³-hybridized carbons (Fsp3) is 0.231. The van der Waals surface area contributed by atoms with Crippen LogP contribution in [0.3, 0.4) is 0 Å². The van der Waals surface area contributed by atoms with Gasteiger partial charge >= 0.3 is 5.97 Å². The number of pyridine rings is 1. The van der Waals surface area contributed by atoms with Gasteiger partial charge in [0.05, 0.1) is 16.9 Å². The molecule has 2 heterocycles. The van der Waals surface area contributed by atoms with Crippen LogP contribution < -0.4 is 10.2 Å². The van der Waals surface area contributed by atoms with Gasteiger partial charge in [-0.05, 0) is 13.0 Å². The summed E-state index contributed by atoms with van der Waals surface area (Å²) < 4.78 is 20.5. The summed E-state index contributed by atoms with van der Waals surface area (Å²) >= 11 is 0. The molecule has 0 radical (unpaired) electrons. The molecule has 1 N–H and O–H groups in total. The normalized spacial score (nSPS) is 17.3. The number of aromatic nitrogens is 1. The summed E-state index contributed by atoms with van der Waals surface area (Å²) in [6, 6.07) is 2.12. The third-order valence-electron chi connectivity index (χ3n) is 3.24. The Balaban J connectivity index is 2.53. The Bertz CT molecular complexity index is 765. The lowest BCUT2D eigenvalue weighted by molar-refractivity contribution is 0.0694. The van der Waals surface area contributed by atoms with E-state index in [1.165, 1.54) is 12.3 Å². The second-order valence-electron chi connectivity index (χ2n) is 4.54. The fourth-order valence-electron chi connectivity index (χ4n) is 2.32. The molecule has 5 nitrogen and oxygen atoms in total. The molecule has 0 amide bonds. The van der Waals surface area contributed by atoms with E-state index in [2.05, 4.69) is 0 Å². The van der Waals surface area contributed by atoms with Crippen molar-refractivity contribution in [1.82, 2.24) is 4.57 Å². The Morgan fingerprint density at radius 1 is 1.53 bits per heavy atom. The quantitative estimate of drug-likeness (QED) is 0.851. The van der Waals surface area contributed by atoms with Crippen molar-refractivity contribution in [3.8, 4) is 5.75 Å². The second-order valence-corrected chi connectivity index (χ2v) is 4.54. The van der Waals surface area contributed by atoms with Crippen molar-refractivity contribution in [2.45, 2.75) is 13.0 Å². The summed E-state index contributed by atoms with van der Waals surface area (Å²) in [5, 5.41) is 9.08. The van der Waals surface area contributed by atoms with Crippen LogP contribution in [0.5, 0.6) is 5.75 Å².